The number of hydrogen-bond donors (Lipinski definition) is 2. The summed E-state index contributed by atoms with van der Waals surface area (Å²) in [6.45, 7) is 8.88. The van der Waals surface area contributed by atoms with Gasteiger partial charge in [0.15, 0.2) is 26.8 Å². The van der Waals surface area contributed by atoms with Gasteiger partial charge in [-0.2, -0.15) is 0 Å². The fourth-order valence-electron chi connectivity index (χ4n) is 3.87. The number of nitrogens with one attached hydrogen (secondary N) is 2. The molecule has 0 bridgehead atoms. The number of nitrogens with zero attached hydrogens (tertiary/aromatic N) is 5. The van der Waals surface area contributed by atoms with E-state index >= 15 is 0 Å². The van der Waals surface area contributed by atoms with E-state index in [1.807, 2.05) is 52.0 Å². The van der Waals surface area contributed by atoms with Gasteiger partial charge >= 0.3 is 0 Å². The van der Waals surface area contributed by atoms with Crippen LogP contribution in [0, 0.1) is 0 Å². The first-order valence-corrected chi connectivity index (χ1v) is 17.4. The summed E-state index contributed by atoms with van der Waals surface area (Å²) in [7, 11) is 0. The molecule has 2 heterocycles. The van der Waals surface area contributed by atoms with Crippen molar-refractivity contribution >= 4 is 67.7 Å². The first-order valence-electron chi connectivity index (χ1n) is 13.8. The molecule has 234 valence electrons. The van der Waals surface area contributed by atoms with Crippen LogP contribution >= 0.6 is 50.8 Å². The molecule has 0 aliphatic heterocycles. The number of thioether (sulfide) groups is 2. The lowest BCUT2D eigenvalue weighted by Gasteiger charge is -2.17. The maximum atomic E-state index is 13.3. The Morgan fingerprint density at radius 3 is 2.23 bits per heavy atom. The molecule has 0 saturated carbocycles. The Bertz CT molecular complexity index is 1540. The first-order chi connectivity index (χ1) is 21.4. The first kappa shape index (κ1) is 33.6. The molecule has 0 unspecified atom stereocenters. The topological polar surface area (TPSA) is 142 Å². The highest BCUT2D eigenvalue weighted by molar-refractivity contribution is 9.10. The van der Waals surface area contributed by atoms with Crippen LogP contribution in [0.3, 0.4) is 0 Å². The fourth-order valence-corrected chi connectivity index (χ4v) is 6.57. The smallest absolute Gasteiger partial charge is 0.251 e. The summed E-state index contributed by atoms with van der Waals surface area (Å²) < 4.78 is 20.8. The van der Waals surface area contributed by atoms with Crippen LogP contribution in [0.25, 0.3) is 5.69 Å². The number of amides is 2. The van der Waals surface area contributed by atoms with Crippen molar-refractivity contribution in [3.05, 3.63) is 52.3 Å². The average Bonchev–Trinajstić information content (AvgIpc) is 3.63. The Labute approximate surface area is 276 Å². The molecule has 0 saturated heterocycles. The van der Waals surface area contributed by atoms with E-state index in [0.29, 0.717) is 58.7 Å². The van der Waals surface area contributed by atoms with E-state index in [1.165, 1.54) is 23.1 Å². The van der Waals surface area contributed by atoms with Crippen LogP contribution in [0.4, 0.5) is 5.13 Å². The molecule has 12 nitrogen and oxygen atoms in total. The number of hydrogen-bond acceptors (Lipinski definition) is 12. The van der Waals surface area contributed by atoms with Gasteiger partial charge in [0.25, 0.3) is 5.91 Å². The van der Waals surface area contributed by atoms with E-state index in [9.17, 15) is 9.59 Å². The second-order valence-corrected chi connectivity index (χ2v) is 13.0. The second kappa shape index (κ2) is 16.7. The molecule has 4 rings (SSSR count). The molecule has 2 aromatic carbocycles. The average molecular weight is 723 g/mol. The normalized spacial score (nSPS) is 10.8. The maximum Gasteiger partial charge on any atom is 0.251 e. The molecular formula is C28H32BrN7O5S3. The molecular weight excluding hydrogens is 690 g/mol. The lowest BCUT2D eigenvalue weighted by atomic mass is 10.1. The van der Waals surface area contributed by atoms with Gasteiger partial charge in [0.2, 0.25) is 16.8 Å². The lowest BCUT2D eigenvalue weighted by Crippen LogP contribution is -2.25. The number of carbonyl (C=O) groups is 2. The maximum absolute atomic E-state index is 13.3. The Morgan fingerprint density at radius 1 is 0.909 bits per heavy atom. The van der Waals surface area contributed by atoms with Crippen LogP contribution < -0.4 is 24.8 Å². The third kappa shape index (κ3) is 8.86. The zero-order valence-electron chi connectivity index (χ0n) is 24.6. The van der Waals surface area contributed by atoms with Crippen LogP contribution in [0.2, 0.25) is 0 Å². The number of carbonyl (C=O) groups excluding carboxylic acids is 2. The van der Waals surface area contributed by atoms with Gasteiger partial charge in [0.1, 0.15) is 0 Å². The molecule has 2 aromatic heterocycles. The summed E-state index contributed by atoms with van der Waals surface area (Å²) in [5, 5.41) is 23.4. The van der Waals surface area contributed by atoms with Crippen LogP contribution in [-0.2, 0) is 11.3 Å². The highest BCUT2D eigenvalue weighted by atomic mass is 79.9. The molecule has 16 heteroatoms. The van der Waals surface area contributed by atoms with E-state index in [2.05, 4.69) is 47.0 Å². The van der Waals surface area contributed by atoms with Crippen molar-refractivity contribution in [2.75, 3.05) is 36.6 Å². The molecule has 0 atom stereocenters. The van der Waals surface area contributed by atoms with Crippen molar-refractivity contribution in [1.29, 1.82) is 0 Å². The molecule has 0 aliphatic rings. The summed E-state index contributed by atoms with van der Waals surface area (Å²) >= 11 is 7.58. The minimum Gasteiger partial charge on any atom is -0.490 e. The summed E-state index contributed by atoms with van der Waals surface area (Å²) in [5.74, 6) is 2.13. The van der Waals surface area contributed by atoms with Crippen molar-refractivity contribution in [1.82, 2.24) is 30.3 Å². The largest absolute Gasteiger partial charge is 0.490 e. The molecule has 0 aliphatic carbocycles. The summed E-state index contributed by atoms with van der Waals surface area (Å²) in [5.41, 5.74) is 1.12. The SMILES string of the molecule is CCOc1cc(C(=O)NCc2nnc(SCC(=O)Nc3nnc(SCC)s3)n2-c2ccc(Br)cc2)cc(OCC)c1OCC. The molecule has 0 fully saturated rings. The standard InChI is InChI=1S/C28H32BrN7O5S3/c1-5-39-20-13-17(14-21(40-6-2)24(20)41-7-3)25(38)30-15-22-32-34-27(36(22)19-11-9-18(29)10-12-19)43-16-23(37)31-26-33-35-28(44-26)42-8-4/h9-14H,5-8,15-16H2,1-4H3,(H,30,38)(H,31,33,37). The number of halogens is 1. The lowest BCUT2D eigenvalue weighted by molar-refractivity contribution is -0.113. The van der Waals surface area contributed by atoms with E-state index in [0.717, 1.165) is 20.3 Å². The molecule has 0 radical (unpaired) electrons. The van der Waals surface area contributed by atoms with Gasteiger partial charge < -0.3 is 19.5 Å². The third-order valence-corrected chi connectivity index (χ3v) is 8.93. The third-order valence-electron chi connectivity index (χ3n) is 5.62. The van der Waals surface area contributed by atoms with Gasteiger partial charge in [-0.15, -0.1) is 20.4 Å². The van der Waals surface area contributed by atoms with E-state index in [-0.39, 0.29) is 24.1 Å². The zero-order chi connectivity index (χ0) is 31.5. The second-order valence-electron chi connectivity index (χ2n) is 8.64. The Morgan fingerprint density at radius 2 is 1.59 bits per heavy atom. The van der Waals surface area contributed by atoms with Crippen molar-refractivity contribution in [3.63, 3.8) is 0 Å². The van der Waals surface area contributed by atoms with E-state index in [4.69, 9.17) is 14.2 Å². The minimum absolute atomic E-state index is 0.0679. The monoisotopic (exact) mass is 721 g/mol. The zero-order valence-corrected chi connectivity index (χ0v) is 28.6. The number of anilines is 1. The number of ether oxygens (including phenoxy) is 3. The van der Waals surface area contributed by atoms with Crippen LogP contribution in [0.5, 0.6) is 17.2 Å². The van der Waals surface area contributed by atoms with Crippen molar-refractivity contribution < 1.29 is 23.8 Å². The number of benzene rings is 2. The Balaban J connectivity index is 1.52. The number of aromatic nitrogens is 5. The van der Waals surface area contributed by atoms with Crippen LogP contribution in [0.15, 0.2) is 50.4 Å². The number of rotatable bonds is 16. The van der Waals surface area contributed by atoms with E-state index < -0.39 is 0 Å². The van der Waals surface area contributed by atoms with Gasteiger partial charge in [-0.05, 0) is 62.9 Å². The van der Waals surface area contributed by atoms with Gasteiger partial charge in [-0.25, -0.2) is 0 Å². The molecule has 2 amide bonds. The van der Waals surface area contributed by atoms with Crippen molar-refractivity contribution in [2.24, 2.45) is 0 Å². The van der Waals surface area contributed by atoms with Gasteiger partial charge in [-0.1, -0.05) is 57.7 Å². The van der Waals surface area contributed by atoms with Gasteiger partial charge in [0, 0.05) is 15.7 Å². The fraction of sp³-hybridized carbons (Fsp3) is 0.357. The summed E-state index contributed by atoms with van der Waals surface area (Å²) in [6, 6.07) is 10.8. The summed E-state index contributed by atoms with van der Waals surface area (Å²) in [4.78, 5) is 26.0. The molecule has 0 spiro atoms. The van der Waals surface area contributed by atoms with Crippen LogP contribution in [0.1, 0.15) is 43.9 Å². The van der Waals surface area contributed by atoms with Gasteiger partial charge in [0.05, 0.1) is 32.1 Å². The van der Waals surface area contributed by atoms with Crippen molar-refractivity contribution in [2.45, 2.75) is 43.7 Å². The summed E-state index contributed by atoms with van der Waals surface area (Å²) in [6.07, 6.45) is 0. The van der Waals surface area contributed by atoms with Crippen LogP contribution in [-0.4, -0.2) is 68.1 Å². The molecule has 2 N–H and O–H groups in total. The quantitative estimate of drug-likeness (QED) is 0.106. The Kier molecular flexibility index (Phi) is 12.7. The predicted octanol–water partition coefficient (Wildman–Crippen LogP) is 5.85. The highest BCUT2D eigenvalue weighted by Gasteiger charge is 2.21. The minimum atomic E-state index is -0.355. The predicted molar refractivity (Wildman–Crippen MR) is 176 cm³/mol. The Hall–Kier alpha value is -3.34. The van der Waals surface area contributed by atoms with E-state index in [1.54, 1.807) is 28.5 Å². The van der Waals surface area contributed by atoms with Crippen molar-refractivity contribution in [3.8, 4) is 22.9 Å². The highest BCUT2D eigenvalue weighted by Crippen LogP contribution is 2.39. The molecule has 44 heavy (non-hydrogen) atoms. The van der Waals surface area contributed by atoms with Gasteiger partial charge in [-0.3, -0.25) is 19.5 Å². The molecule has 4 aromatic rings.